The van der Waals surface area contributed by atoms with Crippen molar-refractivity contribution in [2.75, 3.05) is 0 Å². The van der Waals surface area contributed by atoms with Crippen molar-refractivity contribution in [3.63, 3.8) is 0 Å². The third-order valence-electron chi connectivity index (χ3n) is 6.53. The maximum atomic E-state index is 6.22. The highest BCUT2D eigenvalue weighted by atomic mass is 16.3. The SMILES string of the molecule is C1=C/Cc2c(ccc3c4cccc5oc6cccc(c23)c6c54)-c2ccccc2C/1. The summed E-state index contributed by atoms with van der Waals surface area (Å²) in [5.41, 5.74) is 7.49. The monoisotopic (exact) mass is 370 g/mol. The van der Waals surface area contributed by atoms with Gasteiger partial charge in [-0.2, -0.15) is 0 Å². The van der Waals surface area contributed by atoms with Gasteiger partial charge in [-0.25, -0.2) is 0 Å². The van der Waals surface area contributed by atoms with Crippen LogP contribution in [0.1, 0.15) is 11.1 Å². The second-order valence-corrected chi connectivity index (χ2v) is 8.01. The van der Waals surface area contributed by atoms with Gasteiger partial charge in [0.25, 0.3) is 0 Å². The third kappa shape index (κ3) is 1.95. The van der Waals surface area contributed by atoms with Crippen LogP contribution in [0.5, 0.6) is 0 Å². The molecule has 136 valence electrons. The maximum Gasteiger partial charge on any atom is 0.136 e. The van der Waals surface area contributed by atoms with Gasteiger partial charge in [-0.05, 0) is 68.8 Å². The summed E-state index contributed by atoms with van der Waals surface area (Å²) in [6.07, 6.45) is 6.59. The first-order valence-electron chi connectivity index (χ1n) is 10.2. The average Bonchev–Trinajstić information content (AvgIpc) is 3.14. The van der Waals surface area contributed by atoms with Crippen LogP contribution in [-0.4, -0.2) is 0 Å². The lowest BCUT2D eigenvalue weighted by molar-refractivity contribution is 0.669. The second-order valence-electron chi connectivity index (χ2n) is 8.01. The quantitative estimate of drug-likeness (QED) is 0.198. The Morgan fingerprint density at radius 2 is 1.24 bits per heavy atom. The number of allylic oxidation sites excluding steroid dienone is 2. The first-order chi connectivity index (χ1) is 14.4. The zero-order valence-corrected chi connectivity index (χ0v) is 15.9. The Balaban J connectivity index is 1.76. The van der Waals surface area contributed by atoms with E-state index < -0.39 is 0 Å². The molecule has 0 unspecified atom stereocenters. The smallest absolute Gasteiger partial charge is 0.136 e. The van der Waals surface area contributed by atoms with E-state index in [1.165, 1.54) is 54.6 Å². The van der Waals surface area contributed by atoms with Gasteiger partial charge in [0.2, 0.25) is 0 Å². The van der Waals surface area contributed by atoms with Crippen LogP contribution < -0.4 is 0 Å². The lowest BCUT2D eigenvalue weighted by Crippen LogP contribution is -1.98. The standard InChI is InChI=1S/C28H18O/c1-3-9-18-17(7-1)8-2-4-10-20-19(18)15-16-22-21-11-5-13-24-27(21)28-23(26(20)22)12-6-14-25(28)29-24/h1-7,9,11-16H,8,10H2/b4-2+. The molecule has 0 fully saturated rings. The molecule has 1 heteroatoms. The van der Waals surface area contributed by atoms with Crippen molar-refractivity contribution in [1.82, 2.24) is 0 Å². The van der Waals surface area contributed by atoms with Crippen LogP contribution >= 0.6 is 0 Å². The van der Waals surface area contributed by atoms with E-state index in [0.29, 0.717) is 0 Å². The molecule has 0 radical (unpaired) electrons. The minimum Gasteiger partial charge on any atom is -0.456 e. The summed E-state index contributed by atoms with van der Waals surface area (Å²) < 4.78 is 6.22. The van der Waals surface area contributed by atoms with Gasteiger partial charge in [0.05, 0.1) is 0 Å². The zero-order chi connectivity index (χ0) is 18.9. The number of hydrogen-bond donors (Lipinski definition) is 0. The summed E-state index contributed by atoms with van der Waals surface area (Å²) in [5.74, 6) is 0. The topological polar surface area (TPSA) is 13.1 Å². The summed E-state index contributed by atoms with van der Waals surface area (Å²) in [6, 6.07) is 26.4. The Morgan fingerprint density at radius 1 is 0.517 bits per heavy atom. The predicted molar refractivity (Wildman–Crippen MR) is 122 cm³/mol. The van der Waals surface area contributed by atoms with Gasteiger partial charge in [0.1, 0.15) is 11.2 Å². The Morgan fingerprint density at radius 3 is 2.14 bits per heavy atom. The fraction of sp³-hybridized carbons (Fsp3) is 0.0714. The highest BCUT2D eigenvalue weighted by Gasteiger charge is 2.20. The van der Waals surface area contributed by atoms with Crippen LogP contribution in [0.2, 0.25) is 0 Å². The van der Waals surface area contributed by atoms with Crippen molar-refractivity contribution in [1.29, 1.82) is 0 Å². The van der Waals surface area contributed by atoms with E-state index in [1.807, 2.05) is 0 Å². The van der Waals surface area contributed by atoms with Crippen molar-refractivity contribution >= 4 is 43.5 Å². The molecule has 0 saturated carbocycles. The molecule has 29 heavy (non-hydrogen) atoms. The molecule has 0 aliphatic heterocycles. The molecule has 0 saturated heterocycles. The summed E-state index contributed by atoms with van der Waals surface area (Å²) in [7, 11) is 0. The van der Waals surface area contributed by atoms with Crippen LogP contribution in [0.3, 0.4) is 0 Å². The lowest BCUT2D eigenvalue weighted by Gasteiger charge is -2.19. The molecule has 0 N–H and O–H groups in total. The number of benzene rings is 5. The first kappa shape index (κ1) is 15.4. The zero-order valence-electron chi connectivity index (χ0n) is 15.9. The largest absolute Gasteiger partial charge is 0.456 e. The minimum absolute atomic E-state index is 0.951. The molecule has 1 aromatic heterocycles. The van der Waals surface area contributed by atoms with E-state index in [1.54, 1.807) is 0 Å². The number of rotatable bonds is 0. The molecular weight excluding hydrogens is 352 g/mol. The van der Waals surface area contributed by atoms with Gasteiger partial charge in [0, 0.05) is 10.8 Å². The van der Waals surface area contributed by atoms with Crippen LogP contribution in [0.25, 0.3) is 54.6 Å². The molecular formula is C28H18O. The molecule has 5 aromatic carbocycles. The van der Waals surface area contributed by atoms with E-state index in [9.17, 15) is 0 Å². The molecule has 7 rings (SSSR count). The Labute approximate surface area is 168 Å². The summed E-state index contributed by atoms with van der Waals surface area (Å²) in [6.45, 7) is 0. The van der Waals surface area contributed by atoms with E-state index in [0.717, 1.165) is 24.0 Å². The van der Waals surface area contributed by atoms with Gasteiger partial charge in [0.15, 0.2) is 0 Å². The van der Waals surface area contributed by atoms with E-state index in [-0.39, 0.29) is 0 Å². The Kier molecular flexibility index (Phi) is 2.90. The number of hydrogen-bond acceptors (Lipinski definition) is 1. The second kappa shape index (κ2) is 5.48. The average molecular weight is 370 g/mol. The highest BCUT2D eigenvalue weighted by molar-refractivity contribution is 6.33. The van der Waals surface area contributed by atoms with Crippen molar-refractivity contribution in [3.8, 4) is 11.1 Å². The molecule has 1 aliphatic rings. The molecule has 6 aromatic rings. The first-order valence-corrected chi connectivity index (χ1v) is 10.2. The summed E-state index contributed by atoms with van der Waals surface area (Å²) >= 11 is 0. The number of furan rings is 1. The third-order valence-corrected chi connectivity index (χ3v) is 6.53. The molecule has 0 bridgehead atoms. The number of fused-ring (bicyclic) bond motifs is 7. The molecule has 0 atom stereocenters. The van der Waals surface area contributed by atoms with Gasteiger partial charge in [-0.3, -0.25) is 0 Å². The van der Waals surface area contributed by atoms with Crippen LogP contribution in [0, 0.1) is 0 Å². The molecule has 1 heterocycles. The molecule has 1 nitrogen and oxygen atoms in total. The van der Waals surface area contributed by atoms with Gasteiger partial charge < -0.3 is 4.42 Å². The highest BCUT2D eigenvalue weighted by Crippen LogP contribution is 2.45. The molecule has 0 spiro atoms. The normalized spacial score (nSPS) is 14.9. The van der Waals surface area contributed by atoms with Gasteiger partial charge in [-0.1, -0.05) is 72.8 Å². The van der Waals surface area contributed by atoms with Crippen LogP contribution in [0.15, 0.2) is 89.4 Å². The van der Waals surface area contributed by atoms with Crippen molar-refractivity contribution in [2.24, 2.45) is 0 Å². The van der Waals surface area contributed by atoms with Crippen LogP contribution in [0.4, 0.5) is 0 Å². The Bertz CT molecular complexity index is 1600. The minimum atomic E-state index is 0.951. The predicted octanol–water partition coefficient (Wildman–Crippen LogP) is 7.65. The summed E-state index contributed by atoms with van der Waals surface area (Å²) in [4.78, 5) is 0. The van der Waals surface area contributed by atoms with Crippen molar-refractivity contribution in [3.05, 3.63) is 96.1 Å². The van der Waals surface area contributed by atoms with Crippen molar-refractivity contribution in [2.45, 2.75) is 12.8 Å². The molecule has 1 aliphatic carbocycles. The lowest BCUT2D eigenvalue weighted by atomic mass is 9.84. The fourth-order valence-electron chi connectivity index (χ4n) is 5.32. The van der Waals surface area contributed by atoms with E-state index in [4.69, 9.17) is 4.42 Å². The van der Waals surface area contributed by atoms with Crippen LogP contribution in [-0.2, 0) is 12.8 Å². The van der Waals surface area contributed by atoms with Gasteiger partial charge in [-0.15, -0.1) is 0 Å². The van der Waals surface area contributed by atoms with E-state index in [2.05, 4.69) is 84.9 Å². The maximum absolute atomic E-state index is 6.22. The Hall–Kier alpha value is -3.58. The summed E-state index contributed by atoms with van der Waals surface area (Å²) in [5, 5.41) is 7.80. The fourth-order valence-corrected chi connectivity index (χ4v) is 5.32. The van der Waals surface area contributed by atoms with E-state index >= 15 is 0 Å². The van der Waals surface area contributed by atoms with Crippen molar-refractivity contribution < 1.29 is 4.42 Å². The van der Waals surface area contributed by atoms with Gasteiger partial charge >= 0.3 is 0 Å². The molecule has 0 amide bonds.